The molecule has 1 unspecified atom stereocenters. The molecule has 1 saturated heterocycles. The molecule has 0 aromatic rings. The number of rotatable bonds is 4. The Bertz CT molecular complexity index is 268. The van der Waals surface area contributed by atoms with Crippen LogP contribution in [0.4, 0.5) is 0 Å². The fraction of sp³-hybridized carbons (Fsp3) is 0.800. The van der Waals surface area contributed by atoms with E-state index in [4.69, 9.17) is 9.84 Å². The molecule has 92 valence electrons. The lowest BCUT2D eigenvalue weighted by atomic mass is 10.2. The van der Waals surface area contributed by atoms with Gasteiger partial charge in [-0.05, 0) is 13.8 Å². The van der Waals surface area contributed by atoms with Gasteiger partial charge in [0, 0.05) is 19.1 Å². The van der Waals surface area contributed by atoms with Gasteiger partial charge in [0.1, 0.15) is 12.6 Å². The van der Waals surface area contributed by atoms with Crippen LogP contribution < -0.4 is 5.32 Å². The zero-order valence-corrected chi connectivity index (χ0v) is 9.60. The van der Waals surface area contributed by atoms with Crippen molar-refractivity contribution in [1.82, 2.24) is 10.2 Å². The Morgan fingerprint density at radius 3 is 2.81 bits per heavy atom. The minimum absolute atomic E-state index is 0.354. The molecule has 6 nitrogen and oxygen atoms in total. The highest BCUT2D eigenvalue weighted by atomic mass is 16.5. The summed E-state index contributed by atoms with van der Waals surface area (Å²) in [5.41, 5.74) is 0. The van der Waals surface area contributed by atoms with E-state index in [2.05, 4.69) is 24.1 Å². The van der Waals surface area contributed by atoms with Crippen molar-refractivity contribution < 1.29 is 19.4 Å². The smallest absolute Gasteiger partial charge is 0.322 e. The van der Waals surface area contributed by atoms with Crippen LogP contribution in [0, 0.1) is 0 Å². The molecule has 1 aliphatic rings. The third-order valence-electron chi connectivity index (χ3n) is 2.53. The first-order chi connectivity index (χ1) is 7.50. The van der Waals surface area contributed by atoms with Crippen LogP contribution in [0.1, 0.15) is 13.8 Å². The highest BCUT2D eigenvalue weighted by Gasteiger charge is 2.27. The molecule has 0 aliphatic carbocycles. The molecule has 1 atom stereocenters. The Balaban J connectivity index is 2.40. The van der Waals surface area contributed by atoms with E-state index in [0.29, 0.717) is 19.2 Å². The molecule has 0 bridgehead atoms. The van der Waals surface area contributed by atoms with Crippen LogP contribution in [0.15, 0.2) is 0 Å². The molecule has 1 aliphatic heterocycles. The number of amides is 1. The molecule has 16 heavy (non-hydrogen) atoms. The first-order valence-corrected chi connectivity index (χ1v) is 5.36. The maximum atomic E-state index is 11.5. The number of carbonyl (C=O) groups is 2. The van der Waals surface area contributed by atoms with Crippen LogP contribution >= 0.6 is 0 Å². The van der Waals surface area contributed by atoms with Gasteiger partial charge in [0.15, 0.2) is 0 Å². The summed E-state index contributed by atoms with van der Waals surface area (Å²) in [5, 5.41) is 10.8. The van der Waals surface area contributed by atoms with Gasteiger partial charge in [-0.2, -0.15) is 0 Å². The van der Waals surface area contributed by atoms with E-state index in [9.17, 15) is 9.59 Å². The van der Waals surface area contributed by atoms with Gasteiger partial charge in [0.2, 0.25) is 0 Å². The molecule has 1 fully saturated rings. The summed E-state index contributed by atoms with van der Waals surface area (Å²) in [6.45, 7) is 5.57. The van der Waals surface area contributed by atoms with Gasteiger partial charge in [0.25, 0.3) is 5.91 Å². The molecular weight excluding hydrogens is 212 g/mol. The summed E-state index contributed by atoms with van der Waals surface area (Å²) in [5.74, 6) is -1.40. The summed E-state index contributed by atoms with van der Waals surface area (Å²) < 4.78 is 5.31. The lowest BCUT2D eigenvalue weighted by Gasteiger charge is -2.34. The van der Waals surface area contributed by atoms with Crippen molar-refractivity contribution in [3.63, 3.8) is 0 Å². The minimum Gasteiger partial charge on any atom is -0.480 e. The van der Waals surface area contributed by atoms with E-state index in [1.54, 1.807) is 0 Å². The van der Waals surface area contributed by atoms with Crippen LogP contribution in [-0.2, 0) is 14.3 Å². The number of morpholine rings is 1. The van der Waals surface area contributed by atoms with Crippen molar-refractivity contribution >= 4 is 11.9 Å². The molecule has 0 saturated carbocycles. The second-order valence-corrected chi connectivity index (χ2v) is 4.06. The van der Waals surface area contributed by atoms with Crippen LogP contribution in [0.3, 0.4) is 0 Å². The van der Waals surface area contributed by atoms with Gasteiger partial charge in [-0.15, -0.1) is 0 Å². The number of nitrogens with zero attached hydrogens (tertiary/aromatic N) is 1. The normalized spacial score (nSPS) is 22.1. The third-order valence-corrected chi connectivity index (χ3v) is 2.53. The predicted molar refractivity (Wildman–Crippen MR) is 57.1 cm³/mol. The lowest BCUT2D eigenvalue weighted by Crippen LogP contribution is -2.52. The molecule has 0 aromatic heterocycles. The quantitative estimate of drug-likeness (QED) is 0.667. The number of carboxylic acids is 1. The average molecular weight is 230 g/mol. The maximum Gasteiger partial charge on any atom is 0.322 e. The Morgan fingerprint density at radius 2 is 2.25 bits per heavy atom. The number of ether oxygens (including phenoxy) is 1. The summed E-state index contributed by atoms with van der Waals surface area (Å²) in [6, 6.07) is 0.360. The van der Waals surface area contributed by atoms with Crippen molar-refractivity contribution in [2.24, 2.45) is 0 Å². The number of carboxylic acid groups (broad SMARTS) is 1. The Morgan fingerprint density at radius 1 is 1.56 bits per heavy atom. The monoisotopic (exact) mass is 230 g/mol. The maximum absolute atomic E-state index is 11.5. The molecule has 0 spiro atoms. The van der Waals surface area contributed by atoms with Crippen LogP contribution in [0.2, 0.25) is 0 Å². The summed E-state index contributed by atoms with van der Waals surface area (Å²) in [7, 11) is 0. The zero-order chi connectivity index (χ0) is 12.1. The van der Waals surface area contributed by atoms with Crippen LogP contribution in [0.5, 0.6) is 0 Å². The molecule has 0 aromatic carbocycles. The third kappa shape index (κ3) is 3.79. The van der Waals surface area contributed by atoms with E-state index in [0.717, 1.165) is 6.54 Å². The van der Waals surface area contributed by atoms with E-state index in [-0.39, 0.29) is 12.5 Å². The zero-order valence-electron chi connectivity index (χ0n) is 9.60. The first kappa shape index (κ1) is 12.9. The van der Waals surface area contributed by atoms with E-state index in [1.165, 1.54) is 0 Å². The summed E-state index contributed by atoms with van der Waals surface area (Å²) >= 11 is 0. The van der Waals surface area contributed by atoms with Gasteiger partial charge >= 0.3 is 5.97 Å². The lowest BCUT2D eigenvalue weighted by molar-refractivity contribution is -0.144. The van der Waals surface area contributed by atoms with E-state index in [1.807, 2.05) is 0 Å². The van der Waals surface area contributed by atoms with Gasteiger partial charge in [-0.1, -0.05) is 0 Å². The van der Waals surface area contributed by atoms with Crippen molar-refractivity contribution in [2.75, 3.05) is 26.2 Å². The summed E-state index contributed by atoms with van der Waals surface area (Å²) in [4.78, 5) is 24.0. The highest BCUT2D eigenvalue weighted by Crippen LogP contribution is 2.08. The van der Waals surface area contributed by atoms with Crippen molar-refractivity contribution in [3.05, 3.63) is 0 Å². The largest absolute Gasteiger partial charge is 0.480 e. The van der Waals surface area contributed by atoms with E-state index < -0.39 is 12.1 Å². The second kappa shape index (κ2) is 5.81. The van der Waals surface area contributed by atoms with Gasteiger partial charge < -0.3 is 15.2 Å². The fourth-order valence-electron chi connectivity index (χ4n) is 1.57. The minimum atomic E-state index is -1.05. The van der Waals surface area contributed by atoms with Gasteiger partial charge in [-0.25, -0.2) is 0 Å². The van der Waals surface area contributed by atoms with Gasteiger partial charge in [-0.3, -0.25) is 14.5 Å². The molecule has 1 rings (SSSR count). The average Bonchev–Trinajstić information content (AvgIpc) is 2.26. The first-order valence-electron chi connectivity index (χ1n) is 5.36. The molecule has 6 heteroatoms. The van der Waals surface area contributed by atoms with Crippen LogP contribution in [-0.4, -0.2) is 60.3 Å². The van der Waals surface area contributed by atoms with Crippen molar-refractivity contribution in [1.29, 1.82) is 0 Å². The molecule has 2 N–H and O–H groups in total. The molecule has 1 amide bonds. The van der Waals surface area contributed by atoms with Crippen molar-refractivity contribution in [2.45, 2.75) is 26.0 Å². The fourth-order valence-corrected chi connectivity index (χ4v) is 1.57. The number of nitrogens with one attached hydrogen (secondary N) is 1. The topological polar surface area (TPSA) is 78.9 Å². The second-order valence-electron chi connectivity index (χ2n) is 4.06. The standard InChI is InChI=1S/C10H18N2O4/c1-7(2)12-3-4-16-8(6-12)10(15)11-5-9(13)14/h7-8H,3-6H2,1-2H3,(H,11,15)(H,13,14). The number of hydrogen-bond acceptors (Lipinski definition) is 4. The Hall–Kier alpha value is -1.14. The van der Waals surface area contributed by atoms with Gasteiger partial charge in [0.05, 0.1) is 6.61 Å². The predicted octanol–water partition coefficient (Wildman–Crippen LogP) is -0.704. The number of hydrogen-bond donors (Lipinski definition) is 2. The Labute approximate surface area is 94.6 Å². The SMILES string of the molecule is CC(C)N1CCOC(C(=O)NCC(=O)O)C1. The molecule has 0 radical (unpaired) electrons. The number of carbonyl (C=O) groups excluding carboxylic acids is 1. The van der Waals surface area contributed by atoms with Crippen LogP contribution in [0.25, 0.3) is 0 Å². The number of aliphatic carboxylic acids is 1. The summed E-state index contributed by atoms with van der Waals surface area (Å²) in [6.07, 6.45) is -0.560. The molecular formula is C10H18N2O4. The van der Waals surface area contributed by atoms with E-state index >= 15 is 0 Å². The van der Waals surface area contributed by atoms with Crippen molar-refractivity contribution in [3.8, 4) is 0 Å². The molecule has 1 heterocycles. The highest BCUT2D eigenvalue weighted by molar-refractivity contribution is 5.84. The Kier molecular flexibility index (Phi) is 4.70.